The number of nitrogens with zero attached hydrogens (tertiary/aromatic N) is 1. The van der Waals surface area contributed by atoms with Crippen LogP contribution < -0.4 is 14.8 Å². The fourth-order valence-corrected chi connectivity index (χ4v) is 4.20. The first kappa shape index (κ1) is 28.3. The SMILES string of the molecule is CCCNC(=O)[C@@H](Cc1ccccc1)N(Cc1ccc(Br)cc1)C(=O)CCCOc1ccc(OC)cc1. The van der Waals surface area contributed by atoms with Crippen molar-refractivity contribution in [1.29, 1.82) is 0 Å². The largest absolute Gasteiger partial charge is 0.497 e. The summed E-state index contributed by atoms with van der Waals surface area (Å²) in [5.74, 6) is 1.28. The molecular formula is C30H35BrN2O4. The second kappa shape index (κ2) is 15.1. The highest BCUT2D eigenvalue weighted by Gasteiger charge is 2.30. The van der Waals surface area contributed by atoms with Crippen LogP contribution in [-0.2, 0) is 22.6 Å². The van der Waals surface area contributed by atoms with E-state index in [0.717, 1.165) is 33.5 Å². The number of benzene rings is 3. The minimum absolute atomic E-state index is 0.0752. The minimum Gasteiger partial charge on any atom is -0.497 e. The van der Waals surface area contributed by atoms with Crippen LogP contribution in [0.1, 0.15) is 37.3 Å². The fourth-order valence-electron chi connectivity index (χ4n) is 3.94. The van der Waals surface area contributed by atoms with Crippen molar-refractivity contribution in [3.8, 4) is 11.5 Å². The van der Waals surface area contributed by atoms with Crippen molar-refractivity contribution >= 4 is 27.7 Å². The van der Waals surface area contributed by atoms with Crippen molar-refractivity contribution < 1.29 is 19.1 Å². The number of methoxy groups -OCH3 is 1. The van der Waals surface area contributed by atoms with Crippen molar-refractivity contribution in [3.63, 3.8) is 0 Å². The number of halogens is 1. The van der Waals surface area contributed by atoms with E-state index in [-0.39, 0.29) is 18.2 Å². The van der Waals surface area contributed by atoms with Crippen LogP contribution in [0.4, 0.5) is 0 Å². The smallest absolute Gasteiger partial charge is 0.243 e. The molecule has 0 aromatic heterocycles. The zero-order valence-electron chi connectivity index (χ0n) is 21.5. The highest BCUT2D eigenvalue weighted by molar-refractivity contribution is 9.10. The minimum atomic E-state index is -0.618. The van der Waals surface area contributed by atoms with Crippen LogP contribution in [-0.4, -0.2) is 43.0 Å². The van der Waals surface area contributed by atoms with Gasteiger partial charge in [0, 0.05) is 30.4 Å². The van der Waals surface area contributed by atoms with E-state index in [9.17, 15) is 9.59 Å². The Hall–Kier alpha value is -3.32. The molecule has 0 aliphatic rings. The van der Waals surface area contributed by atoms with E-state index in [1.165, 1.54) is 0 Å². The van der Waals surface area contributed by atoms with Crippen LogP contribution in [0.15, 0.2) is 83.3 Å². The molecule has 0 aliphatic heterocycles. The maximum absolute atomic E-state index is 13.6. The maximum Gasteiger partial charge on any atom is 0.243 e. The highest BCUT2D eigenvalue weighted by atomic mass is 79.9. The number of hydrogen-bond donors (Lipinski definition) is 1. The average Bonchev–Trinajstić information content (AvgIpc) is 2.93. The number of ether oxygens (including phenoxy) is 2. The third-order valence-electron chi connectivity index (χ3n) is 5.95. The molecular weight excluding hydrogens is 532 g/mol. The van der Waals surface area contributed by atoms with Gasteiger partial charge >= 0.3 is 0 Å². The Morgan fingerprint density at radius 1 is 0.919 bits per heavy atom. The monoisotopic (exact) mass is 566 g/mol. The Morgan fingerprint density at radius 3 is 2.24 bits per heavy atom. The van der Waals surface area contributed by atoms with Crippen molar-refractivity contribution in [2.75, 3.05) is 20.3 Å². The van der Waals surface area contributed by atoms with E-state index < -0.39 is 6.04 Å². The molecule has 7 heteroatoms. The lowest BCUT2D eigenvalue weighted by molar-refractivity contribution is -0.141. The lowest BCUT2D eigenvalue weighted by Crippen LogP contribution is -2.50. The maximum atomic E-state index is 13.6. The first-order valence-corrected chi connectivity index (χ1v) is 13.4. The fraction of sp³-hybridized carbons (Fsp3) is 0.333. The molecule has 1 atom stereocenters. The number of amides is 2. The van der Waals surface area contributed by atoms with Gasteiger partial charge in [-0.2, -0.15) is 0 Å². The van der Waals surface area contributed by atoms with Gasteiger partial charge < -0.3 is 19.7 Å². The Labute approximate surface area is 228 Å². The summed E-state index contributed by atoms with van der Waals surface area (Å²) < 4.78 is 12.0. The molecule has 0 bridgehead atoms. The molecule has 3 aromatic rings. The predicted octanol–water partition coefficient (Wildman–Crippen LogP) is 5.78. The summed E-state index contributed by atoms with van der Waals surface area (Å²) in [4.78, 5) is 28.6. The second-order valence-electron chi connectivity index (χ2n) is 8.77. The molecule has 0 radical (unpaired) electrons. The summed E-state index contributed by atoms with van der Waals surface area (Å²) in [6.07, 6.45) is 2.09. The summed E-state index contributed by atoms with van der Waals surface area (Å²) >= 11 is 3.47. The number of carbonyl (C=O) groups is 2. The molecule has 0 saturated carbocycles. The highest BCUT2D eigenvalue weighted by Crippen LogP contribution is 2.20. The standard InChI is InChI=1S/C30H35BrN2O4/c1-3-19-32-30(35)28(21-23-8-5-4-6-9-23)33(22-24-11-13-25(31)14-12-24)29(34)10-7-20-37-27-17-15-26(36-2)16-18-27/h4-6,8-9,11-18,28H,3,7,10,19-22H2,1-2H3,(H,32,35)/t28-/m1/s1. The Balaban J connectivity index is 1.74. The van der Waals surface area contributed by atoms with E-state index >= 15 is 0 Å². The summed E-state index contributed by atoms with van der Waals surface area (Å²) in [6, 6.07) is 24.4. The molecule has 3 rings (SSSR count). The Kier molecular flexibility index (Phi) is 11.5. The lowest BCUT2D eigenvalue weighted by Gasteiger charge is -2.31. The molecule has 196 valence electrons. The number of carbonyl (C=O) groups excluding carboxylic acids is 2. The average molecular weight is 568 g/mol. The summed E-state index contributed by atoms with van der Waals surface area (Å²) in [5, 5.41) is 3.01. The van der Waals surface area contributed by atoms with Gasteiger partial charge in [0.25, 0.3) is 0 Å². The first-order chi connectivity index (χ1) is 18.0. The molecule has 3 aromatic carbocycles. The van der Waals surface area contributed by atoms with E-state index in [1.807, 2.05) is 85.8 Å². The van der Waals surface area contributed by atoms with E-state index in [4.69, 9.17) is 9.47 Å². The van der Waals surface area contributed by atoms with Gasteiger partial charge in [0.1, 0.15) is 17.5 Å². The summed E-state index contributed by atoms with van der Waals surface area (Å²) in [6.45, 7) is 3.33. The Bertz CT molecular complexity index is 1100. The quantitative estimate of drug-likeness (QED) is 0.251. The van der Waals surface area contributed by atoms with Crippen LogP contribution in [0, 0.1) is 0 Å². The summed E-state index contributed by atoms with van der Waals surface area (Å²) in [5.41, 5.74) is 1.97. The van der Waals surface area contributed by atoms with Gasteiger partial charge in [0.15, 0.2) is 0 Å². The van der Waals surface area contributed by atoms with Gasteiger partial charge in [-0.3, -0.25) is 9.59 Å². The van der Waals surface area contributed by atoms with Gasteiger partial charge in [0.2, 0.25) is 11.8 Å². The first-order valence-electron chi connectivity index (χ1n) is 12.6. The van der Waals surface area contributed by atoms with Crippen LogP contribution >= 0.6 is 15.9 Å². The van der Waals surface area contributed by atoms with Crippen molar-refractivity contribution in [2.24, 2.45) is 0 Å². The lowest BCUT2D eigenvalue weighted by atomic mass is 10.0. The van der Waals surface area contributed by atoms with Gasteiger partial charge in [-0.15, -0.1) is 0 Å². The zero-order chi connectivity index (χ0) is 26.5. The Morgan fingerprint density at radius 2 is 1.59 bits per heavy atom. The van der Waals surface area contributed by atoms with Crippen molar-refractivity contribution in [2.45, 2.75) is 45.2 Å². The molecule has 0 unspecified atom stereocenters. The molecule has 0 fully saturated rings. The molecule has 2 amide bonds. The predicted molar refractivity (Wildman–Crippen MR) is 150 cm³/mol. The van der Waals surface area contributed by atoms with Crippen molar-refractivity contribution in [1.82, 2.24) is 10.2 Å². The number of nitrogens with one attached hydrogen (secondary N) is 1. The van der Waals surface area contributed by atoms with Crippen LogP contribution in [0.25, 0.3) is 0 Å². The van der Waals surface area contributed by atoms with Crippen LogP contribution in [0.3, 0.4) is 0 Å². The van der Waals surface area contributed by atoms with Crippen LogP contribution in [0.5, 0.6) is 11.5 Å². The topological polar surface area (TPSA) is 67.9 Å². The van der Waals surface area contributed by atoms with E-state index in [1.54, 1.807) is 12.0 Å². The van der Waals surface area contributed by atoms with Gasteiger partial charge in [-0.1, -0.05) is 65.3 Å². The molecule has 0 aliphatic carbocycles. The molecule has 0 saturated heterocycles. The molecule has 6 nitrogen and oxygen atoms in total. The molecule has 1 N–H and O–H groups in total. The third-order valence-corrected chi connectivity index (χ3v) is 6.48. The van der Waals surface area contributed by atoms with Gasteiger partial charge in [0.05, 0.1) is 13.7 Å². The number of hydrogen-bond acceptors (Lipinski definition) is 4. The summed E-state index contributed by atoms with van der Waals surface area (Å²) in [7, 11) is 1.62. The van der Waals surface area contributed by atoms with E-state index in [0.29, 0.717) is 32.5 Å². The molecule has 0 heterocycles. The van der Waals surface area contributed by atoms with Gasteiger partial charge in [-0.25, -0.2) is 0 Å². The van der Waals surface area contributed by atoms with E-state index in [2.05, 4.69) is 21.2 Å². The second-order valence-corrected chi connectivity index (χ2v) is 9.69. The van der Waals surface area contributed by atoms with Gasteiger partial charge in [-0.05, 0) is 60.4 Å². The molecule has 0 spiro atoms. The zero-order valence-corrected chi connectivity index (χ0v) is 23.1. The third kappa shape index (κ3) is 9.25. The number of rotatable bonds is 14. The molecule has 37 heavy (non-hydrogen) atoms. The normalized spacial score (nSPS) is 11.4. The van der Waals surface area contributed by atoms with Crippen LogP contribution in [0.2, 0.25) is 0 Å². The van der Waals surface area contributed by atoms with Crippen molar-refractivity contribution in [3.05, 3.63) is 94.5 Å².